The van der Waals surface area contributed by atoms with Crippen LogP contribution < -0.4 is 5.73 Å². The van der Waals surface area contributed by atoms with Crippen LogP contribution in [0.2, 0.25) is 0 Å². The van der Waals surface area contributed by atoms with E-state index in [2.05, 4.69) is 15.1 Å². The van der Waals surface area contributed by atoms with Crippen molar-refractivity contribution in [1.82, 2.24) is 19.7 Å². The minimum Gasteiger partial charge on any atom is -0.394 e. The number of hydrogen-bond acceptors (Lipinski definition) is 8. The fourth-order valence-electron chi connectivity index (χ4n) is 2.69. The normalized spacial score (nSPS) is 28.8. The number of nitrogen functional groups attached to an aromatic ring is 1. The topological polar surface area (TPSA) is 140 Å². The Labute approximate surface area is 126 Å². The average molecular weight is 309 g/mol. The van der Waals surface area contributed by atoms with E-state index in [0.29, 0.717) is 22.5 Å². The minimum absolute atomic E-state index is 0.0640. The number of hydrogen-bond donors (Lipinski definition) is 4. The Balaban J connectivity index is 2.14. The predicted octanol–water partition coefficient (Wildman–Crippen LogP) is -0.857. The lowest BCUT2D eigenvalue weighted by molar-refractivity contribution is -0.0568. The zero-order valence-electron chi connectivity index (χ0n) is 12.3. The van der Waals surface area contributed by atoms with E-state index in [1.54, 1.807) is 0 Å². The molecule has 1 saturated heterocycles. The monoisotopic (exact) mass is 309 g/mol. The van der Waals surface area contributed by atoms with Gasteiger partial charge in [0.25, 0.3) is 0 Å². The molecule has 5 N–H and O–H groups in total. The molecule has 2 aromatic heterocycles. The number of aliphatic hydroxyl groups excluding tert-OH is 3. The lowest BCUT2D eigenvalue weighted by atomic mass is 10.1. The molecule has 120 valence electrons. The van der Waals surface area contributed by atoms with Gasteiger partial charge in [0.2, 0.25) is 0 Å². The molecule has 0 unspecified atom stereocenters. The lowest BCUT2D eigenvalue weighted by Gasteiger charge is -2.15. The number of anilines is 1. The number of rotatable bonds is 3. The minimum atomic E-state index is -1.23. The van der Waals surface area contributed by atoms with Gasteiger partial charge in [0, 0.05) is 0 Å². The highest BCUT2D eigenvalue weighted by atomic mass is 16.6. The van der Waals surface area contributed by atoms with Crippen LogP contribution in [0, 0.1) is 0 Å². The van der Waals surface area contributed by atoms with Gasteiger partial charge in [-0.25, -0.2) is 14.6 Å². The maximum atomic E-state index is 10.2. The number of fused-ring (bicyclic) bond motifs is 1. The number of ether oxygens (including phenoxy) is 1. The van der Waals surface area contributed by atoms with Crippen LogP contribution in [-0.4, -0.2) is 60.0 Å². The van der Waals surface area contributed by atoms with Gasteiger partial charge in [0.15, 0.2) is 11.9 Å². The molecule has 0 aliphatic carbocycles. The van der Waals surface area contributed by atoms with Crippen molar-refractivity contribution in [3.8, 4) is 0 Å². The lowest BCUT2D eigenvalue weighted by Crippen LogP contribution is -2.33. The second-order valence-electron chi connectivity index (χ2n) is 5.67. The molecule has 4 atom stereocenters. The molecule has 0 saturated carbocycles. The summed E-state index contributed by atoms with van der Waals surface area (Å²) >= 11 is 0. The summed E-state index contributed by atoms with van der Waals surface area (Å²) in [4.78, 5) is 8.15. The van der Waals surface area contributed by atoms with Crippen LogP contribution in [0.25, 0.3) is 11.0 Å². The van der Waals surface area contributed by atoms with Crippen molar-refractivity contribution >= 4 is 16.9 Å². The molecule has 1 fully saturated rings. The first-order valence-electron chi connectivity index (χ1n) is 7.06. The Bertz CT molecular complexity index is 688. The zero-order valence-corrected chi connectivity index (χ0v) is 12.3. The molecule has 0 radical (unpaired) electrons. The summed E-state index contributed by atoms with van der Waals surface area (Å²) in [5.41, 5.74) is 7.03. The first-order chi connectivity index (χ1) is 10.5. The van der Waals surface area contributed by atoms with Crippen molar-refractivity contribution in [2.75, 3.05) is 12.3 Å². The van der Waals surface area contributed by atoms with Crippen LogP contribution in [0.3, 0.4) is 0 Å². The summed E-state index contributed by atoms with van der Waals surface area (Å²) in [5.74, 6) is 0.362. The van der Waals surface area contributed by atoms with Crippen LogP contribution in [0.5, 0.6) is 0 Å². The number of aliphatic hydroxyl groups is 3. The Morgan fingerprint density at radius 2 is 2.05 bits per heavy atom. The van der Waals surface area contributed by atoms with Gasteiger partial charge < -0.3 is 25.8 Å². The van der Waals surface area contributed by atoms with Crippen LogP contribution in [0.4, 0.5) is 5.82 Å². The Hall–Kier alpha value is -1.81. The van der Waals surface area contributed by atoms with Crippen molar-refractivity contribution < 1.29 is 20.1 Å². The molecule has 1 aliphatic rings. The fourth-order valence-corrected chi connectivity index (χ4v) is 2.69. The zero-order chi connectivity index (χ0) is 16.0. The summed E-state index contributed by atoms with van der Waals surface area (Å²) in [6.07, 6.45) is -2.94. The molecule has 22 heavy (non-hydrogen) atoms. The predicted molar refractivity (Wildman–Crippen MR) is 76.8 cm³/mol. The van der Waals surface area contributed by atoms with E-state index in [1.807, 2.05) is 13.8 Å². The van der Waals surface area contributed by atoms with E-state index in [-0.39, 0.29) is 5.92 Å². The van der Waals surface area contributed by atoms with Crippen LogP contribution >= 0.6 is 0 Å². The second kappa shape index (κ2) is 5.43. The summed E-state index contributed by atoms with van der Waals surface area (Å²) in [6.45, 7) is 3.51. The van der Waals surface area contributed by atoms with Crippen molar-refractivity contribution in [3.05, 3.63) is 12.0 Å². The Morgan fingerprint density at radius 1 is 1.32 bits per heavy atom. The Kier molecular flexibility index (Phi) is 3.73. The third kappa shape index (κ3) is 2.13. The van der Waals surface area contributed by atoms with Gasteiger partial charge >= 0.3 is 0 Å². The molecule has 2 aromatic rings. The third-order valence-corrected chi connectivity index (χ3v) is 3.85. The van der Waals surface area contributed by atoms with E-state index in [4.69, 9.17) is 10.5 Å². The van der Waals surface area contributed by atoms with Crippen LogP contribution in [0.1, 0.15) is 31.7 Å². The Morgan fingerprint density at radius 3 is 2.64 bits per heavy atom. The van der Waals surface area contributed by atoms with Gasteiger partial charge in [-0.15, -0.1) is 0 Å². The quantitative estimate of drug-likeness (QED) is 0.574. The number of nitrogens with two attached hydrogens (primary N) is 1. The van der Waals surface area contributed by atoms with Gasteiger partial charge in [-0.1, -0.05) is 13.8 Å². The molecular weight excluding hydrogens is 290 g/mol. The van der Waals surface area contributed by atoms with Crippen molar-refractivity contribution in [3.63, 3.8) is 0 Å². The van der Waals surface area contributed by atoms with Crippen molar-refractivity contribution in [1.29, 1.82) is 0 Å². The first kappa shape index (κ1) is 15.1. The van der Waals surface area contributed by atoms with Crippen LogP contribution in [0.15, 0.2) is 6.33 Å². The largest absolute Gasteiger partial charge is 0.394 e. The molecule has 0 spiro atoms. The van der Waals surface area contributed by atoms with Gasteiger partial charge in [-0.05, 0) is 5.92 Å². The van der Waals surface area contributed by atoms with Crippen LogP contribution in [-0.2, 0) is 4.74 Å². The molecule has 0 amide bonds. The first-order valence-corrected chi connectivity index (χ1v) is 7.06. The van der Waals surface area contributed by atoms with Gasteiger partial charge in [-0.2, -0.15) is 5.10 Å². The SMILES string of the molecule is CC(C)c1nn([C@@H]2O[C@H](CO)[C@@H](O)[C@H]2O)c2ncnc(N)c12. The van der Waals surface area contributed by atoms with Gasteiger partial charge in [-0.3, -0.25) is 0 Å². The van der Waals surface area contributed by atoms with E-state index in [0.717, 1.165) is 0 Å². The molecule has 0 bridgehead atoms. The molecule has 9 heteroatoms. The average Bonchev–Trinajstić information content (AvgIpc) is 3.00. The third-order valence-electron chi connectivity index (χ3n) is 3.85. The highest BCUT2D eigenvalue weighted by molar-refractivity contribution is 5.88. The van der Waals surface area contributed by atoms with Crippen molar-refractivity contribution in [2.45, 2.75) is 44.3 Å². The molecule has 9 nitrogen and oxygen atoms in total. The second-order valence-corrected chi connectivity index (χ2v) is 5.67. The highest BCUT2D eigenvalue weighted by Gasteiger charge is 2.44. The summed E-state index contributed by atoms with van der Waals surface area (Å²) in [6, 6.07) is 0. The maximum absolute atomic E-state index is 10.2. The van der Waals surface area contributed by atoms with E-state index < -0.39 is 31.1 Å². The number of nitrogens with zero attached hydrogens (tertiary/aromatic N) is 4. The van der Waals surface area contributed by atoms with E-state index in [9.17, 15) is 15.3 Å². The smallest absolute Gasteiger partial charge is 0.181 e. The van der Waals surface area contributed by atoms with Gasteiger partial charge in [0.05, 0.1) is 17.7 Å². The van der Waals surface area contributed by atoms with E-state index in [1.165, 1.54) is 11.0 Å². The molecule has 0 aromatic carbocycles. The summed E-state index contributed by atoms with van der Waals surface area (Å²) in [5, 5.41) is 34.3. The standard InChI is InChI=1S/C13H19N5O4/c1-5(2)8-7-11(14)15-4-16-12(7)18(17-8)13-10(21)9(20)6(3-19)22-13/h4-6,9-10,13,19-21H,3H2,1-2H3,(H2,14,15,16)/t6-,9-,10-,13-/m1/s1. The molecular formula is C13H19N5O4. The fraction of sp³-hybridized carbons (Fsp3) is 0.615. The number of aromatic nitrogens is 4. The molecule has 1 aliphatic heterocycles. The van der Waals surface area contributed by atoms with Crippen molar-refractivity contribution in [2.24, 2.45) is 0 Å². The highest BCUT2D eigenvalue weighted by Crippen LogP contribution is 2.34. The molecule has 3 rings (SSSR count). The molecule has 3 heterocycles. The summed E-state index contributed by atoms with van der Waals surface area (Å²) in [7, 11) is 0. The van der Waals surface area contributed by atoms with Gasteiger partial charge in [0.1, 0.15) is 30.5 Å². The maximum Gasteiger partial charge on any atom is 0.181 e. The summed E-state index contributed by atoms with van der Waals surface area (Å²) < 4.78 is 6.91. The van der Waals surface area contributed by atoms with E-state index >= 15 is 0 Å².